The Morgan fingerprint density at radius 2 is 1.62 bits per heavy atom. The fourth-order valence-electron chi connectivity index (χ4n) is 3.65. The number of hydrogen-bond donors (Lipinski definition) is 1. The van der Waals surface area contributed by atoms with Gasteiger partial charge in [-0.1, -0.05) is 27.7 Å². The van der Waals surface area contributed by atoms with E-state index in [1.807, 2.05) is 0 Å². The summed E-state index contributed by atoms with van der Waals surface area (Å²) in [5.74, 6) is 3.07. The van der Waals surface area contributed by atoms with Crippen molar-refractivity contribution >= 4 is 9.84 Å². The van der Waals surface area contributed by atoms with Crippen molar-refractivity contribution in [2.75, 3.05) is 18.1 Å². The molecule has 1 atom stereocenters. The molecule has 1 fully saturated rings. The molecule has 0 aromatic rings. The SMILES string of the molecule is CCNC(CCCS(=O)(=O)CC)C1CCC(C(C)C)CC1. The first-order valence-corrected chi connectivity index (χ1v) is 10.7. The molecule has 0 radical (unpaired) electrons. The molecule has 0 aliphatic heterocycles. The molecule has 1 unspecified atom stereocenters. The minimum absolute atomic E-state index is 0.276. The van der Waals surface area contributed by atoms with Crippen LogP contribution in [0.3, 0.4) is 0 Å². The van der Waals surface area contributed by atoms with Gasteiger partial charge in [-0.3, -0.25) is 0 Å². The summed E-state index contributed by atoms with van der Waals surface area (Å²) in [4.78, 5) is 0. The predicted molar refractivity (Wildman–Crippen MR) is 91.3 cm³/mol. The third kappa shape index (κ3) is 6.68. The summed E-state index contributed by atoms with van der Waals surface area (Å²) in [6.45, 7) is 9.54. The van der Waals surface area contributed by atoms with Crippen LogP contribution in [0.1, 0.15) is 66.2 Å². The van der Waals surface area contributed by atoms with Crippen LogP contribution in [0.25, 0.3) is 0 Å². The van der Waals surface area contributed by atoms with Gasteiger partial charge in [-0.15, -0.1) is 0 Å². The summed E-state index contributed by atoms with van der Waals surface area (Å²) < 4.78 is 23.2. The fourth-order valence-corrected chi connectivity index (χ4v) is 4.54. The minimum atomic E-state index is -2.81. The molecule has 1 aliphatic rings. The van der Waals surface area contributed by atoms with Gasteiger partial charge in [0.2, 0.25) is 0 Å². The van der Waals surface area contributed by atoms with E-state index in [1.165, 1.54) is 25.7 Å². The number of hydrogen-bond acceptors (Lipinski definition) is 3. The fraction of sp³-hybridized carbons (Fsp3) is 1.00. The third-order valence-electron chi connectivity index (χ3n) is 5.20. The lowest BCUT2D eigenvalue weighted by atomic mass is 9.74. The van der Waals surface area contributed by atoms with Gasteiger partial charge in [0.25, 0.3) is 0 Å². The van der Waals surface area contributed by atoms with Gasteiger partial charge >= 0.3 is 0 Å². The molecule has 1 saturated carbocycles. The van der Waals surface area contributed by atoms with Gasteiger partial charge in [-0.05, 0) is 62.8 Å². The zero-order chi connectivity index (χ0) is 15.9. The molecule has 0 amide bonds. The molecule has 0 bridgehead atoms. The highest BCUT2D eigenvalue weighted by molar-refractivity contribution is 7.91. The molecule has 0 aromatic heterocycles. The van der Waals surface area contributed by atoms with Crippen LogP contribution in [0.5, 0.6) is 0 Å². The summed E-state index contributed by atoms with van der Waals surface area (Å²) in [6, 6.07) is 0.509. The lowest BCUT2D eigenvalue weighted by Crippen LogP contribution is -2.38. The first-order chi connectivity index (χ1) is 9.89. The Balaban J connectivity index is 2.43. The summed E-state index contributed by atoms with van der Waals surface area (Å²) in [5.41, 5.74) is 0. The Morgan fingerprint density at radius 3 is 2.10 bits per heavy atom. The van der Waals surface area contributed by atoms with Gasteiger partial charge in [0.15, 0.2) is 0 Å². The van der Waals surface area contributed by atoms with Gasteiger partial charge < -0.3 is 5.32 Å². The molecule has 1 N–H and O–H groups in total. The van der Waals surface area contributed by atoms with Crippen molar-refractivity contribution < 1.29 is 8.42 Å². The standard InChI is InChI=1S/C17H35NO2S/c1-5-18-17(8-7-13-21(19,20)6-2)16-11-9-15(10-12-16)14(3)4/h14-18H,5-13H2,1-4H3. The molecule has 4 heteroatoms. The molecule has 0 spiro atoms. The Morgan fingerprint density at radius 1 is 1.05 bits per heavy atom. The van der Waals surface area contributed by atoms with Gasteiger partial charge in [-0.25, -0.2) is 8.42 Å². The summed E-state index contributed by atoms with van der Waals surface area (Å²) >= 11 is 0. The monoisotopic (exact) mass is 317 g/mol. The largest absolute Gasteiger partial charge is 0.314 e. The summed E-state index contributed by atoms with van der Waals surface area (Å²) in [7, 11) is -2.81. The Kier molecular flexibility index (Phi) is 8.25. The quantitative estimate of drug-likeness (QED) is 0.706. The summed E-state index contributed by atoms with van der Waals surface area (Å²) in [6.07, 6.45) is 7.11. The average molecular weight is 318 g/mol. The predicted octanol–water partition coefficient (Wildman–Crippen LogP) is 3.64. The lowest BCUT2D eigenvalue weighted by molar-refractivity contribution is 0.184. The van der Waals surface area contributed by atoms with Crippen LogP contribution in [-0.4, -0.2) is 32.5 Å². The van der Waals surface area contributed by atoms with Crippen molar-refractivity contribution in [3.05, 3.63) is 0 Å². The van der Waals surface area contributed by atoms with Crippen molar-refractivity contribution in [3.8, 4) is 0 Å². The van der Waals surface area contributed by atoms with Crippen molar-refractivity contribution in [1.82, 2.24) is 5.32 Å². The maximum atomic E-state index is 11.6. The van der Waals surface area contributed by atoms with Crippen molar-refractivity contribution in [2.45, 2.75) is 72.3 Å². The van der Waals surface area contributed by atoms with E-state index in [-0.39, 0.29) is 5.75 Å². The molecule has 3 nitrogen and oxygen atoms in total. The van der Waals surface area contributed by atoms with Crippen LogP contribution < -0.4 is 5.32 Å². The maximum absolute atomic E-state index is 11.6. The minimum Gasteiger partial charge on any atom is -0.314 e. The normalized spacial score (nSPS) is 25.2. The van der Waals surface area contributed by atoms with E-state index in [1.54, 1.807) is 6.92 Å². The van der Waals surface area contributed by atoms with Crippen molar-refractivity contribution in [3.63, 3.8) is 0 Å². The second kappa shape index (κ2) is 9.14. The first kappa shape index (κ1) is 19.0. The molecule has 21 heavy (non-hydrogen) atoms. The highest BCUT2D eigenvalue weighted by Gasteiger charge is 2.28. The Hall–Kier alpha value is -0.0900. The second-order valence-corrected chi connectivity index (χ2v) is 9.43. The number of nitrogens with one attached hydrogen (secondary N) is 1. The molecular formula is C17H35NO2S. The van der Waals surface area contributed by atoms with E-state index in [4.69, 9.17) is 0 Å². The number of rotatable bonds is 9. The second-order valence-electron chi connectivity index (χ2n) is 6.96. The molecule has 0 heterocycles. The Bertz CT molecular complexity index is 370. The molecule has 0 saturated heterocycles. The van der Waals surface area contributed by atoms with E-state index >= 15 is 0 Å². The third-order valence-corrected chi connectivity index (χ3v) is 7.00. The van der Waals surface area contributed by atoms with E-state index in [2.05, 4.69) is 26.1 Å². The first-order valence-electron chi connectivity index (χ1n) is 8.83. The lowest BCUT2D eigenvalue weighted by Gasteiger charge is -2.36. The highest BCUT2D eigenvalue weighted by Crippen LogP contribution is 2.35. The van der Waals surface area contributed by atoms with Gasteiger partial charge in [0, 0.05) is 11.8 Å². The zero-order valence-electron chi connectivity index (χ0n) is 14.4. The van der Waals surface area contributed by atoms with Crippen molar-refractivity contribution in [2.24, 2.45) is 17.8 Å². The van der Waals surface area contributed by atoms with Crippen LogP contribution in [-0.2, 0) is 9.84 Å². The highest BCUT2D eigenvalue weighted by atomic mass is 32.2. The molecule has 126 valence electrons. The van der Waals surface area contributed by atoms with Gasteiger partial charge in [-0.2, -0.15) is 0 Å². The van der Waals surface area contributed by atoms with Crippen LogP contribution in [0.15, 0.2) is 0 Å². The summed E-state index contributed by atoms with van der Waals surface area (Å²) in [5, 5.41) is 3.61. The topological polar surface area (TPSA) is 46.2 Å². The van der Waals surface area contributed by atoms with Crippen LogP contribution in [0.4, 0.5) is 0 Å². The van der Waals surface area contributed by atoms with Crippen molar-refractivity contribution in [1.29, 1.82) is 0 Å². The molecule has 1 aliphatic carbocycles. The van der Waals surface area contributed by atoms with E-state index < -0.39 is 9.84 Å². The van der Waals surface area contributed by atoms with Crippen LogP contribution in [0, 0.1) is 17.8 Å². The Labute approximate surface area is 132 Å². The maximum Gasteiger partial charge on any atom is 0.150 e. The van der Waals surface area contributed by atoms with E-state index in [0.29, 0.717) is 11.8 Å². The van der Waals surface area contributed by atoms with Crippen LogP contribution >= 0.6 is 0 Å². The van der Waals surface area contributed by atoms with Gasteiger partial charge in [0.05, 0.1) is 5.75 Å². The smallest absolute Gasteiger partial charge is 0.150 e. The van der Waals surface area contributed by atoms with Gasteiger partial charge in [0.1, 0.15) is 9.84 Å². The number of sulfone groups is 1. The van der Waals surface area contributed by atoms with E-state index in [0.717, 1.165) is 37.1 Å². The average Bonchev–Trinajstić information content (AvgIpc) is 2.46. The molecule has 0 aromatic carbocycles. The van der Waals surface area contributed by atoms with E-state index in [9.17, 15) is 8.42 Å². The molecule has 1 rings (SSSR count). The zero-order valence-corrected chi connectivity index (χ0v) is 15.2. The molecular weight excluding hydrogens is 282 g/mol. The van der Waals surface area contributed by atoms with Crippen LogP contribution in [0.2, 0.25) is 0 Å².